The second-order valence-electron chi connectivity index (χ2n) is 10.4. The second-order valence-corrected chi connectivity index (χ2v) is 10.4. The van der Waals surface area contributed by atoms with Crippen molar-refractivity contribution in [2.45, 2.75) is 83.3 Å². The molecule has 0 N–H and O–H groups in total. The van der Waals surface area contributed by atoms with Crippen LogP contribution in [0.2, 0.25) is 0 Å². The summed E-state index contributed by atoms with van der Waals surface area (Å²) in [6.45, 7) is 8.08. The third-order valence-electron chi connectivity index (χ3n) is 8.98. The van der Waals surface area contributed by atoms with Gasteiger partial charge in [0, 0.05) is 43.7 Å². The first kappa shape index (κ1) is 19.3. The van der Waals surface area contributed by atoms with Gasteiger partial charge in [-0.25, -0.2) is 0 Å². The van der Waals surface area contributed by atoms with Crippen LogP contribution in [0, 0.1) is 11.3 Å². The third-order valence-corrected chi connectivity index (χ3v) is 8.98. The highest BCUT2D eigenvalue weighted by Gasteiger charge is 2.57. The maximum atomic E-state index is 13.6. The minimum absolute atomic E-state index is 0.0498. The highest BCUT2D eigenvalue weighted by Crippen LogP contribution is 2.57. The molecular weight excluding hydrogens is 360 g/mol. The van der Waals surface area contributed by atoms with E-state index in [2.05, 4.69) is 42.8 Å². The van der Waals surface area contributed by atoms with Crippen LogP contribution in [0.1, 0.15) is 69.6 Å². The number of benzene rings is 1. The van der Waals surface area contributed by atoms with Crippen LogP contribution in [0.25, 0.3) is 0 Å². The fourth-order valence-electron chi connectivity index (χ4n) is 6.57. The SMILES string of the molecule is COC1CCC(C(=O)N2CC[C@@]3(C)c4cc5c(cc4C[C@H]2C3(C)C)CC=N5)CC1. The number of hydrogen-bond acceptors (Lipinski definition) is 3. The number of aliphatic imine (C=N–C) groups is 1. The van der Waals surface area contributed by atoms with Crippen LogP contribution in [0.3, 0.4) is 0 Å². The largest absolute Gasteiger partial charge is 0.381 e. The lowest BCUT2D eigenvalue weighted by atomic mass is 9.50. The number of likely N-dealkylation sites (tertiary alicyclic amines) is 1. The normalized spacial score (nSPS) is 34.6. The first-order valence-electron chi connectivity index (χ1n) is 11.4. The van der Waals surface area contributed by atoms with Gasteiger partial charge in [-0.3, -0.25) is 9.79 Å². The Hall–Kier alpha value is -1.68. The summed E-state index contributed by atoms with van der Waals surface area (Å²) in [4.78, 5) is 20.5. The Kier molecular flexibility index (Phi) is 4.43. The Balaban J connectivity index is 1.46. The van der Waals surface area contributed by atoms with E-state index in [1.54, 1.807) is 7.11 Å². The summed E-state index contributed by atoms with van der Waals surface area (Å²) in [5.41, 5.74) is 5.57. The standard InChI is InChI=1S/C25H34N2O2/c1-24(2)22-14-18-13-17-9-11-26-21(17)15-20(18)25(24,3)10-12-27(22)23(28)16-5-7-19(29-4)8-6-16/h11,13,15-16,19,22H,5-10,12,14H2,1-4H3/t16?,19?,22-,25-/m0/s1. The quantitative estimate of drug-likeness (QED) is 0.736. The van der Waals surface area contributed by atoms with Gasteiger partial charge in [0.15, 0.2) is 0 Å². The molecule has 29 heavy (non-hydrogen) atoms. The van der Waals surface area contributed by atoms with Crippen molar-refractivity contribution in [3.05, 3.63) is 28.8 Å². The van der Waals surface area contributed by atoms with E-state index in [4.69, 9.17) is 4.74 Å². The molecule has 0 radical (unpaired) electrons. The molecule has 2 aliphatic heterocycles. The molecule has 0 spiro atoms. The summed E-state index contributed by atoms with van der Waals surface area (Å²) in [5, 5.41) is 0. The van der Waals surface area contributed by atoms with Crippen molar-refractivity contribution in [3.63, 3.8) is 0 Å². The molecule has 0 aromatic heterocycles. The van der Waals surface area contributed by atoms with Gasteiger partial charge in [0.2, 0.25) is 5.91 Å². The molecule has 4 heteroatoms. The molecule has 1 saturated carbocycles. The molecule has 2 heterocycles. The molecule has 2 bridgehead atoms. The average Bonchev–Trinajstić information content (AvgIpc) is 3.17. The van der Waals surface area contributed by atoms with Crippen molar-refractivity contribution in [2.75, 3.05) is 13.7 Å². The summed E-state index contributed by atoms with van der Waals surface area (Å²) in [6, 6.07) is 5.02. The van der Waals surface area contributed by atoms with Crippen LogP contribution in [-0.4, -0.2) is 42.8 Å². The maximum absolute atomic E-state index is 13.6. The van der Waals surface area contributed by atoms with Crippen LogP contribution in [0.5, 0.6) is 0 Å². The zero-order chi connectivity index (χ0) is 20.4. The second kappa shape index (κ2) is 6.66. The van der Waals surface area contributed by atoms with Gasteiger partial charge in [0.05, 0.1) is 11.8 Å². The molecule has 1 aromatic rings. The van der Waals surface area contributed by atoms with Crippen LogP contribution < -0.4 is 0 Å². The lowest BCUT2D eigenvalue weighted by Crippen LogP contribution is -2.65. The molecule has 1 saturated heterocycles. The van der Waals surface area contributed by atoms with Gasteiger partial charge in [-0.15, -0.1) is 0 Å². The van der Waals surface area contributed by atoms with Gasteiger partial charge in [-0.1, -0.05) is 26.8 Å². The summed E-state index contributed by atoms with van der Waals surface area (Å²) in [7, 11) is 1.79. The number of carbonyl (C=O) groups is 1. The fraction of sp³-hybridized carbons (Fsp3) is 0.680. The lowest BCUT2D eigenvalue weighted by molar-refractivity contribution is -0.150. The fourth-order valence-corrected chi connectivity index (χ4v) is 6.57. The number of ether oxygens (including phenoxy) is 1. The molecule has 0 unspecified atom stereocenters. The van der Waals surface area contributed by atoms with Crippen LogP contribution in [0.4, 0.5) is 5.69 Å². The van der Waals surface area contributed by atoms with Crippen molar-refractivity contribution < 1.29 is 9.53 Å². The van der Waals surface area contributed by atoms with Gasteiger partial charge in [-0.05, 0) is 66.7 Å². The van der Waals surface area contributed by atoms with Crippen LogP contribution >= 0.6 is 0 Å². The molecule has 1 amide bonds. The summed E-state index contributed by atoms with van der Waals surface area (Å²) in [5.74, 6) is 0.573. The van der Waals surface area contributed by atoms with E-state index in [0.717, 1.165) is 57.2 Å². The van der Waals surface area contributed by atoms with E-state index in [9.17, 15) is 4.79 Å². The number of fused-ring (bicyclic) bond motifs is 5. The summed E-state index contributed by atoms with van der Waals surface area (Å²) in [6.07, 6.45) is 9.30. The van der Waals surface area contributed by atoms with E-state index in [1.165, 1.54) is 16.7 Å². The zero-order valence-electron chi connectivity index (χ0n) is 18.3. The molecule has 5 rings (SSSR count). The number of hydrogen-bond donors (Lipinski definition) is 0. The van der Waals surface area contributed by atoms with E-state index >= 15 is 0 Å². The molecule has 4 aliphatic rings. The van der Waals surface area contributed by atoms with E-state index in [-0.39, 0.29) is 22.8 Å². The monoisotopic (exact) mass is 394 g/mol. The first-order chi connectivity index (χ1) is 13.8. The van der Waals surface area contributed by atoms with Gasteiger partial charge < -0.3 is 9.64 Å². The predicted octanol–water partition coefficient (Wildman–Crippen LogP) is 4.59. The summed E-state index contributed by atoms with van der Waals surface area (Å²) >= 11 is 0. The number of rotatable bonds is 2. The van der Waals surface area contributed by atoms with Crippen LogP contribution in [-0.2, 0) is 27.8 Å². The molecule has 1 aromatic carbocycles. The van der Waals surface area contributed by atoms with Gasteiger partial charge >= 0.3 is 0 Å². The highest BCUT2D eigenvalue weighted by molar-refractivity contribution is 5.80. The molecule has 2 atom stereocenters. The number of amides is 1. The Bertz CT molecular complexity index is 866. The van der Waals surface area contributed by atoms with Gasteiger partial charge in [0.1, 0.15) is 0 Å². The smallest absolute Gasteiger partial charge is 0.225 e. The van der Waals surface area contributed by atoms with E-state index in [0.29, 0.717) is 12.0 Å². The average molecular weight is 395 g/mol. The van der Waals surface area contributed by atoms with E-state index < -0.39 is 0 Å². The molecule has 156 valence electrons. The maximum Gasteiger partial charge on any atom is 0.225 e. The highest BCUT2D eigenvalue weighted by atomic mass is 16.5. The molecule has 2 aliphatic carbocycles. The Morgan fingerprint density at radius 1 is 1.14 bits per heavy atom. The van der Waals surface area contributed by atoms with Crippen LogP contribution in [0.15, 0.2) is 17.1 Å². The van der Waals surface area contributed by atoms with Crippen molar-refractivity contribution in [2.24, 2.45) is 16.3 Å². The predicted molar refractivity (Wildman–Crippen MR) is 116 cm³/mol. The van der Waals surface area contributed by atoms with Crippen molar-refractivity contribution in [1.82, 2.24) is 4.90 Å². The van der Waals surface area contributed by atoms with Gasteiger partial charge in [-0.2, -0.15) is 0 Å². The van der Waals surface area contributed by atoms with Crippen molar-refractivity contribution >= 4 is 17.8 Å². The molecular formula is C25H34N2O2. The van der Waals surface area contributed by atoms with Crippen molar-refractivity contribution in [3.8, 4) is 0 Å². The zero-order valence-corrected chi connectivity index (χ0v) is 18.3. The third kappa shape index (κ3) is 2.74. The van der Waals surface area contributed by atoms with Crippen molar-refractivity contribution in [1.29, 1.82) is 0 Å². The Labute approximate surface area is 174 Å². The first-order valence-corrected chi connectivity index (χ1v) is 11.4. The Morgan fingerprint density at radius 3 is 2.62 bits per heavy atom. The Morgan fingerprint density at radius 2 is 1.90 bits per heavy atom. The minimum atomic E-state index is 0.0498. The molecule has 2 fully saturated rings. The topological polar surface area (TPSA) is 41.9 Å². The minimum Gasteiger partial charge on any atom is -0.381 e. The number of carbonyl (C=O) groups excluding carboxylic acids is 1. The van der Waals surface area contributed by atoms with Gasteiger partial charge in [0.25, 0.3) is 0 Å². The van der Waals surface area contributed by atoms with E-state index in [1.807, 2.05) is 6.21 Å². The lowest BCUT2D eigenvalue weighted by Gasteiger charge is -2.61. The summed E-state index contributed by atoms with van der Waals surface area (Å²) < 4.78 is 5.52. The number of piperidine rings is 1. The number of methoxy groups -OCH3 is 1. The number of nitrogens with zero attached hydrogens (tertiary/aromatic N) is 2. The molecule has 4 nitrogen and oxygen atoms in total.